The number of aromatic nitrogens is 1. The van der Waals surface area contributed by atoms with Crippen molar-refractivity contribution in [3.8, 4) is 0 Å². The maximum Gasteiger partial charge on any atom is 0.337 e. The Hall–Kier alpha value is -3.72. The number of anilines is 1. The van der Waals surface area contributed by atoms with Gasteiger partial charge in [-0.05, 0) is 49.8 Å². The number of aromatic carboxylic acids is 1. The van der Waals surface area contributed by atoms with Gasteiger partial charge in [-0.1, -0.05) is 18.2 Å². The van der Waals surface area contributed by atoms with Crippen LogP contribution >= 0.6 is 0 Å². The number of carbonyl (C=O) groups is 2. The molecule has 1 aliphatic rings. The zero-order valence-electron chi connectivity index (χ0n) is 17.2. The second kappa shape index (κ2) is 7.76. The average molecular weight is 454 g/mol. The quantitative estimate of drug-likeness (QED) is 0.505. The summed E-state index contributed by atoms with van der Waals surface area (Å²) in [6.07, 6.45) is 1.50. The molecular weight excluding hydrogens is 435 g/mol. The van der Waals surface area contributed by atoms with Gasteiger partial charge in [0.2, 0.25) is 0 Å². The molecule has 1 aromatic heterocycles. The van der Waals surface area contributed by atoms with E-state index in [9.17, 15) is 27.5 Å². The molecule has 1 amide bonds. The molecule has 0 bridgehead atoms. The highest BCUT2D eigenvalue weighted by Gasteiger charge is 2.28. The van der Waals surface area contributed by atoms with Gasteiger partial charge in [0.05, 0.1) is 21.8 Å². The molecule has 0 fully saturated rings. The Kier molecular flexibility index (Phi) is 5.21. The number of hydrogen-bond acceptors (Lipinski definition) is 4. The lowest BCUT2D eigenvalue weighted by atomic mass is 10.0. The third-order valence-electron chi connectivity index (χ3n) is 5.42. The van der Waals surface area contributed by atoms with Gasteiger partial charge in [-0.25, -0.2) is 17.6 Å². The minimum absolute atomic E-state index is 0.0486. The lowest BCUT2D eigenvalue weighted by Gasteiger charge is -2.08. The molecule has 7 nitrogen and oxygen atoms in total. The largest absolute Gasteiger partial charge is 0.478 e. The predicted molar refractivity (Wildman–Crippen MR) is 117 cm³/mol. The van der Waals surface area contributed by atoms with Crippen LogP contribution in [0.15, 0.2) is 47.4 Å². The van der Waals surface area contributed by atoms with Crippen LogP contribution in [-0.2, 0) is 20.4 Å². The van der Waals surface area contributed by atoms with Crippen molar-refractivity contribution in [2.75, 3.05) is 5.32 Å². The number of nitrogens with one attached hydrogen (secondary N) is 2. The number of benzene rings is 2. The first-order valence-corrected chi connectivity index (χ1v) is 11.3. The topological polar surface area (TPSA) is 116 Å². The van der Waals surface area contributed by atoms with Crippen LogP contribution in [0.2, 0.25) is 0 Å². The van der Waals surface area contributed by atoms with E-state index in [1.54, 1.807) is 19.9 Å². The van der Waals surface area contributed by atoms with Crippen LogP contribution in [0.3, 0.4) is 0 Å². The van der Waals surface area contributed by atoms with E-state index in [2.05, 4.69) is 10.3 Å². The van der Waals surface area contributed by atoms with E-state index in [0.717, 1.165) is 0 Å². The summed E-state index contributed by atoms with van der Waals surface area (Å²) in [5.74, 6) is -2.65. The van der Waals surface area contributed by atoms with E-state index in [1.807, 2.05) is 0 Å². The summed E-state index contributed by atoms with van der Waals surface area (Å²) in [5, 5.41) is 12.1. The molecule has 0 atom stereocenters. The van der Waals surface area contributed by atoms with Crippen LogP contribution in [0, 0.1) is 19.7 Å². The van der Waals surface area contributed by atoms with Gasteiger partial charge in [0.25, 0.3) is 5.91 Å². The molecule has 0 aliphatic carbocycles. The zero-order chi connectivity index (χ0) is 23.2. The summed E-state index contributed by atoms with van der Waals surface area (Å²) in [6.45, 7) is 3.25. The van der Waals surface area contributed by atoms with Crippen LogP contribution in [0.1, 0.15) is 38.4 Å². The summed E-state index contributed by atoms with van der Waals surface area (Å²) in [6, 6.07) is 9.87. The Morgan fingerprint density at radius 1 is 1.16 bits per heavy atom. The summed E-state index contributed by atoms with van der Waals surface area (Å²) in [7, 11) is -3.89. The first-order valence-electron chi connectivity index (χ1n) is 9.64. The number of sulfone groups is 1. The Labute approximate surface area is 183 Å². The molecule has 1 aliphatic heterocycles. The molecule has 0 unspecified atom stereocenters. The van der Waals surface area contributed by atoms with Gasteiger partial charge in [0.1, 0.15) is 5.82 Å². The van der Waals surface area contributed by atoms with Crippen LogP contribution in [0.5, 0.6) is 0 Å². The molecule has 0 saturated heterocycles. The molecule has 164 valence electrons. The third-order valence-corrected chi connectivity index (χ3v) is 7.08. The van der Waals surface area contributed by atoms with E-state index < -0.39 is 33.3 Å². The Morgan fingerprint density at radius 3 is 2.53 bits per heavy atom. The van der Waals surface area contributed by atoms with Crippen molar-refractivity contribution in [1.82, 2.24) is 4.98 Å². The smallest absolute Gasteiger partial charge is 0.337 e. The molecule has 3 N–H and O–H groups in total. The summed E-state index contributed by atoms with van der Waals surface area (Å²) < 4.78 is 39.8. The minimum atomic E-state index is -3.89. The number of carbonyl (C=O) groups excluding carboxylic acids is 1. The monoisotopic (exact) mass is 454 g/mol. The Morgan fingerprint density at radius 2 is 1.88 bits per heavy atom. The van der Waals surface area contributed by atoms with Crippen molar-refractivity contribution in [1.29, 1.82) is 0 Å². The van der Waals surface area contributed by atoms with Gasteiger partial charge < -0.3 is 15.4 Å². The van der Waals surface area contributed by atoms with Gasteiger partial charge in [0.15, 0.2) is 9.84 Å². The van der Waals surface area contributed by atoms with Crippen molar-refractivity contribution in [2.24, 2.45) is 0 Å². The summed E-state index contributed by atoms with van der Waals surface area (Å²) in [5.41, 5.74) is 2.53. The van der Waals surface area contributed by atoms with Crippen LogP contribution in [-0.4, -0.2) is 30.4 Å². The molecule has 32 heavy (non-hydrogen) atoms. The first-order chi connectivity index (χ1) is 15.1. The summed E-state index contributed by atoms with van der Waals surface area (Å²) >= 11 is 0. The number of hydrogen-bond donors (Lipinski definition) is 3. The number of halogens is 1. The molecule has 4 rings (SSSR count). The third kappa shape index (κ3) is 3.71. The molecule has 3 aromatic rings. The number of rotatable bonds is 5. The SMILES string of the molecule is Cc1[nH]c(/C=C2\C(=O)Nc3ccc(S(=O)(=O)Cc4ccccc4F)cc32)c(C)c1C(=O)O. The fraction of sp³-hybridized carbons (Fsp3) is 0.130. The highest BCUT2D eigenvalue weighted by atomic mass is 32.2. The van der Waals surface area contributed by atoms with E-state index in [1.165, 1.54) is 42.5 Å². The Balaban J connectivity index is 1.76. The van der Waals surface area contributed by atoms with Crippen LogP contribution in [0.4, 0.5) is 10.1 Å². The molecule has 9 heteroatoms. The highest BCUT2D eigenvalue weighted by molar-refractivity contribution is 7.90. The van der Waals surface area contributed by atoms with Crippen LogP contribution in [0.25, 0.3) is 11.6 Å². The van der Waals surface area contributed by atoms with Crippen molar-refractivity contribution in [2.45, 2.75) is 24.5 Å². The second-order valence-electron chi connectivity index (χ2n) is 7.54. The van der Waals surface area contributed by atoms with Crippen molar-refractivity contribution >= 4 is 39.1 Å². The van der Waals surface area contributed by atoms with Crippen molar-refractivity contribution < 1.29 is 27.5 Å². The van der Waals surface area contributed by atoms with Crippen molar-refractivity contribution in [3.05, 3.63) is 81.9 Å². The van der Waals surface area contributed by atoms with Crippen LogP contribution < -0.4 is 5.32 Å². The second-order valence-corrected chi connectivity index (χ2v) is 9.53. The normalized spacial score (nSPS) is 14.5. The summed E-state index contributed by atoms with van der Waals surface area (Å²) in [4.78, 5) is 26.9. The number of aromatic amines is 1. The highest BCUT2D eigenvalue weighted by Crippen LogP contribution is 2.36. The molecule has 0 radical (unpaired) electrons. The average Bonchev–Trinajstić information content (AvgIpc) is 3.18. The van der Waals surface area contributed by atoms with Gasteiger partial charge >= 0.3 is 5.97 Å². The molecule has 2 aromatic carbocycles. The number of carboxylic acids is 1. The number of H-pyrrole nitrogens is 1. The minimum Gasteiger partial charge on any atom is -0.478 e. The number of amides is 1. The first kappa shape index (κ1) is 21.5. The predicted octanol–water partition coefficient (Wildman–Crippen LogP) is 3.94. The zero-order valence-corrected chi connectivity index (χ0v) is 18.0. The van der Waals surface area contributed by atoms with Crippen molar-refractivity contribution in [3.63, 3.8) is 0 Å². The van der Waals surface area contributed by atoms with E-state index >= 15 is 0 Å². The van der Waals surface area contributed by atoms with E-state index in [4.69, 9.17) is 0 Å². The maximum absolute atomic E-state index is 14.0. The van der Waals surface area contributed by atoms with E-state index in [-0.39, 0.29) is 21.6 Å². The molecule has 0 spiro atoms. The Bertz CT molecular complexity index is 1420. The lowest BCUT2D eigenvalue weighted by molar-refractivity contribution is -0.110. The van der Waals surface area contributed by atoms with Gasteiger partial charge in [-0.15, -0.1) is 0 Å². The molecule has 0 saturated carbocycles. The fourth-order valence-corrected chi connectivity index (χ4v) is 5.17. The van der Waals surface area contributed by atoms with Gasteiger partial charge in [-0.3, -0.25) is 4.79 Å². The van der Waals surface area contributed by atoms with Gasteiger partial charge in [-0.2, -0.15) is 0 Å². The number of aryl methyl sites for hydroxylation is 1. The number of carboxylic acid groups (broad SMARTS) is 1. The van der Waals surface area contributed by atoms with E-state index in [0.29, 0.717) is 28.2 Å². The number of fused-ring (bicyclic) bond motifs is 1. The molecular formula is C23H19FN2O5S. The fourth-order valence-electron chi connectivity index (χ4n) is 3.79. The lowest BCUT2D eigenvalue weighted by Crippen LogP contribution is -2.06. The van der Waals surface area contributed by atoms with Gasteiger partial charge in [0, 0.05) is 28.2 Å². The molecule has 2 heterocycles. The standard InChI is InChI=1S/C23H19FN2O5S/c1-12-20(25-13(2)21(12)23(28)29)10-17-16-9-15(7-8-19(16)26-22(17)27)32(30,31)11-14-5-3-4-6-18(14)24/h3-10,25H,11H2,1-2H3,(H,26,27)(H,28,29)/b17-10-. The maximum atomic E-state index is 14.0.